The largest absolute Gasteiger partial charge is 0.484 e. The highest BCUT2D eigenvalue weighted by atomic mass is 35.5. The van der Waals surface area contributed by atoms with E-state index < -0.39 is 11.9 Å². The van der Waals surface area contributed by atoms with E-state index in [1.54, 1.807) is 0 Å². The number of carbonyl (C=O) groups excluding carboxylic acids is 2. The van der Waals surface area contributed by atoms with Gasteiger partial charge in [-0.05, 0) is 54.9 Å². The standard InChI is InChI=1S/C24H24ClFN2O4/c25-17-6-5-16(10-18(17)26)31-12-23(29)27-19-11-20(15-7-14(19)8-15)28-24(30)22-9-13-3-1-2-4-21(13)32-22/h1-6,10,14-15,19-20,22H,7-9,11-12H2,(H,27,29)(H,28,30). The Balaban J connectivity index is 1.12. The SMILES string of the molecule is O=C(COc1ccc(Cl)c(F)c1)NC1CC(NC(=O)C2Cc3ccccc3O2)C2CC1C2. The molecule has 3 aliphatic carbocycles. The summed E-state index contributed by atoms with van der Waals surface area (Å²) in [5.74, 6) is 0.907. The first kappa shape index (κ1) is 21.1. The van der Waals surface area contributed by atoms with Crippen molar-refractivity contribution in [3.63, 3.8) is 0 Å². The van der Waals surface area contributed by atoms with Crippen molar-refractivity contribution >= 4 is 23.4 Å². The van der Waals surface area contributed by atoms with Gasteiger partial charge in [0.05, 0.1) is 5.02 Å². The van der Waals surface area contributed by atoms with Crippen LogP contribution in [-0.4, -0.2) is 36.6 Å². The molecule has 0 aromatic heterocycles. The second-order valence-corrected chi connectivity index (χ2v) is 9.21. The molecule has 2 aromatic rings. The van der Waals surface area contributed by atoms with Crippen LogP contribution < -0.4 is 20.1 Å². The number of nitrogens with one attached hydrogen (secondary N) is 2. The summed E-state index contributed by atoms with van der Waals surface area (Å²) < 4.78 is 24.7. The number of carbonyl (C=O) groups is 2. The Bertz CT molecular complexity index is 1020. The molecule has 3 fully saturated rings. The average Bonchev–Trinajstić information content (AvgIpc) is 3.18. The monoisotopic (exact) mass is 458 g/mol. The fourth-order valence-electron chi connectivity index (χ4n) is 4.95. The molecule has 6 nitrogen and oxygen atoms in total. The van der Waals surface area contributed by atoms with Crippen molar-refractivity contribution in [2.75, 3.05) is 6.61 Å². The summed E-state index contributed by atoms with van der Waals surface area (Å²) in [5, 5.41) is 6.18. The lowest BCUT2D eigenvalue weighted by atomic mass is 9.60. The lowest BCUT2D eigenvalue weighted by Gasteiger charge is -2.51. The summed E-state index contributed by atoms with van der Waals surface area (Å²) in [4.78, 5) is 25.2. The Morgan fingerprint density at radius 3 is 2.56 bits per heavy atom. The summed E-state index contributed by atoms with van der Waals surface area (Å²) in [6.45, 7) is -0.209. The number of fused-ring (bicyclic) bond motifs is 3. The number of halogens is 2. The Labute approximate surface area is 190 Å². The molecule has 0 radical (unpaired) electrons. The molecule has 3 unspecified atom stereocenters. The van der Waals surface area contributed by atoms with Crippen molar-refractivity contribution in [3.8, 4) is 11.5 Å². The summed E-state index contributed by atoms with van der Waals surface area (Å²) in [5.41, 5.74) is 1.05. The molecule has 2 bridgehead atoms. The minimum absolute atomic E-state index is 0.00326. The van der Waals surface area contributed by atoms with E-state index in [0.29, 0.717) is 24.7 Å². The fraction of sp³-hybridized carbons (Fsp3) is 0.417. The Hall–Kier alpha value is -2.80. The van der Waals surface area contributed by atoms with E-state index in [1.165, 1.54) is 12.1 Å². The van der Waals surface area contributed by atoms with Crippen LogP contribution in [0.15, 0.2) is 42.5 Å². The number of para-hydroxylation sites is 1. The van der Waals surface area contributed by atoms with Crippen molar-refractivity contribution in [3.05, 3.63) is 58.9 Å². The molecule has 2 amide bonds. The molecule has 1 aliphatic heterocycles. The number of benzene rings is 2. The lowest BCUT2D eigenvalue weighted by molar-refractivity contribution is -0.130. The lowest BCUT2D eigenvalue weighted by Crippen LogP contribution is -2.61. The van der Waals surface area contributed by atoms with Gasteiger partial charge in [-0.15, -0.1) is 0 Å². The van der Waals surface area contributed by atoms with E-state index in [2.05, 4.69) is 10.6 Å². The quantitative estimate of drug-likeness (QED) is 0.696. The van der Waals surface area contributed by atoms with Gasteiger partial charge in [-0.2, -0.15) is 0 Å². The normalized spacial score (nSPS) is 27.5. The molecule has 2 N–H and O–H groups in total. The zero-order valence-corrected chi connectivity index (χ0v) is 18.1. The van der Waals surface area contributed by atoms with E-state index in [4.69, 9.17) is 21.1 Å². The third-order valence-corrected chi connectivity index (χ3v) is 7.04. The number of amides is 2. The van der Waals surface area contributed by atoms with Crippen LogP contribution in [0.1, 0.15) is 24.8 Å². The average molecular weight is 459 g/mol. The third kappa shape index (κ3) is 4.26. The van der Waals surface area contributed by atoms with Crippen LogP contribution in [0.5, 0.6) is 11.5 Å². The molecule has 3 saturated carbocycles. The van der Waals surface area contributed by atoms with Gasteiger partial charge in [0.2, 0.25) is 0 Å². The molecule has 168 valence electrons. The van der Waals surface area contributed by atoms with Gasteiger partial charge in [-0.1, -0.05) is 29.8 Å². The van der Waals surface area contributed by atoms with Crippen LogP contribution in [0.25, 0.3) is 0 Å². The predicted octanol–water partition coefficient (Wildman–Crippen LogP) is 3.26. The van der Waals surface area contributed by atoms with E-state index >= 15 is 0 Å². The molecule has 6 rings (SSSR count). The molecule has 32 heavy (non-hydrogen) atoms. The van der Waals surface area contributed by atoms with Crippen LogP contribution in [0.4, 0.5) is 4.39 Å². The zero-order valence-electron chi connectivity index (χ0n) is 17.4. The summed E-state index contributed by atoms with van der Waals surface area (Å²) in [6, 6.07) is 11.7. The van der Waals surface area contributed by atoms with Gasteiger partial charge in [0, 0.05) is 24.6 Å². The molecule has 1 heterocycles. The molecule has 8 heteroatoms. The van der Waals surface area contributed by atoms with Gasteiger partial charge in [-0.25, -0.2) is 4.39 Å². The van der Waals surface area contributed by atoms with E-state index in [0.717, 1.165) is 30.2 Å². The van der Waals surface area contributed by atoms with E-state index in [1.807, 2.05) is 24.3 Å². The predicted molar refractivity (Wildman–Crippen MR) is 116 cm³/mol. The van der Waals surface area contributed by atoms with Gasteiger partial charge in [-0.3, -0.25) is 9.59 Å². The highest BCUT2D eigenvalue weighted by Gasteiger charge is 2.47. The van der Waals surface area contributed by atoms with Crippen LogP contribution in [0, 0.1) is 17.7 Å². The molecule has 3 atom stereocenters. The van der Waals surface area contributed by atoms with Crippen LogP contribution in [0.3, 0.4) is 0 Å². The van der Waals surface area contributed by atoms with Crippen LogP contribution >= 0.6 is 11.6 Å². The van der Waals surface area contributed by atoms with E-state index in [9.17, 15) is 14.0 Å². The first-order valence-electron chi connectivity index (χ1n) is 10.9. The van der Waals surface area contributed by atoms with Gasteiger partial charge < -0.3 is 20.1 Å². The number of hydrogen-bond donors (Lipinski definition) is 2. The molecule has 2 aromatic carbocycles. The summed E-state index contributed by atoms with van der Waals surface area (Å²) in [7, 11) is 0. The summed E-state index contributed by atoms with van der Waals surface area (Å²) in [6.07, 6.45) is 2.70. The van der Waals surface area contributed by atoms with Gasteiger partial charge >= 0.3 is 0 Å². The fourth-order valence-corrected chi connectivity index (χ4v) is 5.06. The van der Waals surface area contributed by atoms with Crippen molar-refractivity contribution in [2.24, 2.45) is 11.8 Å². The minimum Gasteiger partial charge on any atom is -0.484 e. The van der Waals surface area contributed by atoms with Crippen molar-refractivity contribution in [1.29, 1.82) is 0 Å². The topological polar surface area (TPSA) is 76.7 Å². The maximum atomic E-state index is 13.5. The Morgan fingerprint density at radius 2 is 1.81 bits per heavy atom. The van der Waals surface area contributed by atoms with Gasteiger partial charge in [0.15, 0.2) is 12.7 Å². The highest BCUT2D eigenvalue weighted by molar-refractivity contribution is 6.30. The smallest absolute Gasteiger partial charge is 0.261 e. The van der Waals surface area contributed by atoms with Gasteiger partial charge in [0.1, 0.15) is 17.3 Å². The molecule has 0 spiro atoms. The first-order chi connectivity index (χ1) is 15.5. The first-order valence-corrected chi connectivity index (χ1v) is 11.3. The molecule has 4 aliphatic rings. The van der Waals surface area contributed by atoms with Crippen molar-refractivity contribution in [1.82, 2.24) is 10.6 Å². The number of ether oxygens (including phenoxy) is 2. The maximum Gasteiger partial charge on any atom is 0.261 e. The molecule has 0 saturated heterocycles. The van der Waals surface area contributed by atoms with Crippen molar-refractivity contribution < 1.29 is 23.5 Å². The van der Waals surface area contributed by atoms with Crippen LogP contribution in [0.2, 0.25) is 5.02 Å². The number of hydrogen-bond acceptors (Lipinski definition) is 4. The van der Waals surface area contributed by atoms with E-state index in [-0.39, 0.29) is 41.3 Å². The maximum absolute atomic E-state index is 13.5. The summed E-state index contributed by atoms with van der Waals surface area (Å²) >= 11 is 5.66. The molecular formula is C24H24ClFN2O4. The van der Waals surface area contributed by atoms with Crippen LogP contribution in [-0.2, 0) is 16.0 Å². The Morgan fingerprint density at radius 1 is 1.06 bits per heavy atom. The van der Waals surface area contributed by atoms with Gasteiger partial charge in [0.25, 0.3) is 11.8 Å². The third-order valence-electron chi connectivity index (χ3n) is 6.73. The highest BCUT2D eigenvalue weighted by Crippen LogP contribution is 2.46. The second kappa shape index (κ2) is 8.62. The van der Waals surface area contributed by atoms with Crippen molar-refractivity contribution in [2.45, 2.75) is 43.9 Å². The number of rotatable bonds is 6. The minimum atomic E-state index is -0.592. The zero-order chi connectivity index (χ0) is 22.2. The molecular weight excluding hydrogens is 435 g/mol. The Kier molecular flexibility index (Phi) is 5.67. The second-order valence-electron chi connectivity index (χ2n) is 8.80.